The Balaban J connectivity index is 1.58. The van der Waals surface area contributed by atoms with Crippen molar-refractivity contribution < 1.29 is 126 Å². The number of hydrogen-bond acceptors (Lipinski definition) is 26. The summed E-state index contributed by atoms with van der Waals surface area (Å²) in [6.07, 6.45) is -1.56. The molecule has 0 radical (unpaired) electrons. The van der Waals surface area contributed by atoms with Gasteiger partial charge in [-0.3, -0.25) is 101 Å². The number of H-pyrrole nitrogens is 1. The maximum absolute atomic E-state index is 15.0. The minimum atomic E-state index is -2.08. The molecule has 2 aliphatic rings. The van der Waals surface area contributed by atoms with Crippen molar-refractivity contribution in [3.05, 3.63) is 36.0 Å². The molecule has 2 aromatic rings. The molecule has 48 nitrogen and oxygen atoms in total. The molecule has 4 rings (SSSR count). The second-order valence-corrected chi connectivity index (χ2v) is 37.4. The van der Waals surface area contributed by atoms with Crippen molar-refractivity contribution in [3.8, 4) is 0 Å². The first kappa shape index (κ1) is 117. The van der Waals surface area contributed by atoms with Crippen LogP contribution in [0.25, 0.3) is 10.9 Å². The number of thioether (sulfide) groups is 1. The maximum atomic E-state index is 15.0. The number of fused-ring (bicyclic) bond motifs is 1. The van der Waals surface area contributed by atoms with Gasteiger partial charge in [-0.15, -0.1) is 0 Å². The monoisotopic (exact) mass is 1970 g/mol. The highest BCUT2D eigenvalue weighted by atomic mass is 32.2. The average Bonchev–Trinajstić information content (AvgIpc) is 1.70. The smallest absolute Gasteiger partial charge is 0.326 e. The van der Waals surface area contributed by atoms with Crippen molar-refractivity contribution in [2.45, 2.75) is 288 Å². The summed E-state index contributed by atoms with van der Waals surface area (Å²) in [5.74, 6) is -26.4. The minimum absolute atomic E-state index is 0.0215. The van der Waals surface area contributed by atoms with Gasteiger partial charge in [-0.05, 0) is 137 Å². The number of carbonyl (C=O) groups is 21. The standard InChI is InChI=1S/C87H138N22O26S2/c1-41(2)30-53(74(122)95-51(23-24-66(112)113)71(119)94-46(11)70(118)98-57(35-65(88)111)78(126)96-52(25-29-137-12)73(121)107-62(40-136)82(130)105-60(33-44(7)8)84(132)109-28-17-22-64(109)86(134)135)100-80(128)59(37-68(116)117)104-75(123)54(31-42(3)4)99-77(125)56(34-47-38-93-49-19-14-13-18-48(47)49)102-81(129)61(39-110)106-76(124)55(32-43(5)6)101-79(127)58(36-67(114)115)103-72(120)50(20-15-26-92-87(90)91)97-83(131)63-21-16-27-108(63)85(133)69(89)45(9)10/h13-14,18-19,38,41-46,50-64,69,93,110,136H,15-17,20-37,39-40,89H2,1-12H3,(H2,88,111)(H,94,119)(H,95,122)(H,96,126)(H,97,131)(H,98,118)(H,99,125)(H,100,128)(H,101,127)(H,102,129)(H,103,120)(H,104,123)(H,105,130)(H,106,124)(H,107,121)(H,112,113)(H,114,115)(H,116,117)(H,134,135)(H4,90,91,92). The molecule has 2 fully saturated rings. The summed E-state index contributed by atoms with van der Waals surface area (Å²) in [4.78, 5) is 295. The van der Waals surface area contributed by atoms with Crippen LogP contribution in [0.2, 0.25) is 0 Å². The highest BCUT2D eigenvalue weighted by molar-refractivity contribution is 7.98. The number of aliphatic carboxylic acids is 4. The van der Waals surface area contributed by atoms with Gasteiger partial charge in [-0.25, -0.2) is 4.79 Å². The molecule has 50 heteroatoms. The van der Waals surface area contributed by atoms with Crippen LogP contribution in [-0.2, 0) is 107 Å². The number of benzene rings is 1. The van der Waals surface area contributed by atoms with Gasteiger partial charge in [0.05, 0.1) is 31.9 Å². The largest absolute Gasteiger partial charge is 0.481 e. The van der Waals surface area contributed by atoms with E-state index in [9.17, 15) is 121 Å². The summed E-state index contributed by atoms with van der Waals surface area (Å²) in [6, 6.07) is -20.3. The molecule has 0 saturated carbocycles. The third kappa shape index (κ3) is 39.3. The van der Waals surface area contributed by atoms with Crippen LogP contribution < -0.4 is 97.0 Å². The highest BCUT2D eigenvalue weighted by Crippen LogP contribution is 2.25. The van der Waals surface area contributed by atoms with Crippen molar-refractivity contribution in [1.82, 2.24) is 94.5 Å². The van der Waals surface area contributed by atoms with E-state index in [2.05, 4.69) is 97.4 Å². The highest BCUT2D eigenvalue weighted by Gasteiger charge is 2.44. The third-order valence-corrected chi connectivity index (χ3v) is 23.3. The lowest BCUT2D eigenvalue weighted by molar-refractivity contribution is -0.149. The van der Waals surface area contributed by atoms with Crippen LogP contribution in [-0.4, -0.2) is 317 Å². The molecule has 0 aliphatic carbocycles. The number of primary amides is 1. The number of thiol groups is 1. The molecule has 28 N–H and O–H groups in total. The molecule has 1 aromatic heterocycles. The first-order chi connectivity index (χ1) is 64.3. The fourth-order valence-corrected chi connectivity index (χ4v) is 15.9. The molecule has 137 heavy (non-hydrogen) atoms. The second-order valence-electron chi connectivity index (χ2n) is 36.0. The van der Waals surface area contributed by atoms with E-state index in [1.54, 1.807) is 99.8 Å². The van der Waals surface area contributed by atoms with E-state index in [1.807, 2.05) is 0 Å². The number of carboxylic acids is 4. The van der Waals surface area contributed by atoms with Crippen molar-refractivity contribution in [2.75, 3.05) is 44.0 Å². The number of likely N-dealkylation sites (tertiary alicyclic amines) is 2. The first-order valence-corrected chi connectivity index (χ1v) is 47.5. The summed E-state index contributed by atoms with van der Waals surface area (Å²) in [6.45, 7) is 17.0. The number of aromatic nitrogens is 1. The lowest BCUT2D eigenvalue weighted by Crippen LogP contribution is -2.62. The number of carbonyl (C=O) groups excluding carboxylic acids is 17. The van der Waals surface area contributed by atoms with Crippen LogP contribution >= 0.6 is 24.4 Å². The molecule has 17 amide bonds. The van der Waals surface area contributed by atoms with Gasteiger partial charge in [0.2, 0.25) is 100 Å². The zero-order chi connectivity index (χ0) is 103. The molecule has 2 aliphatic heterocycles. The van der Waals surface area contributed by atoms with E-state index in [1.165, 1.54) is 27.8 Å². The van der Waals surface area contributed by atoms with Crippen LogP contribution in [0.15, 0.2) is 30.5 Å². The number of amides is 17. The van der Waals surface area contributed by atoms with Crippen LogP contribution in [0.3, 0.4) is 0 Å². The Morgan fingerprint density at radius 2 is 0.847 bits per heavy atom. The summed E-state index contributed by atoms with van der Waals surface area (Å²) < 4.78 is 0. The van der Waals surface area contributed by atoms with Gasteiger partial charge in [0, 0.05) is 55.3 Å². The van der Waals surface area contributed by atoms with Crippen LogP contribution in [0.1, 0.15) is 184 Å². The quantitative estimate of drug-likeness (QED) is 0.0128. The summed E-state index contributed by atoms with van der Waals surface area (Å²) >= 11 is 5.49. The summed E-state index contributed by atoms with van der Waals surface area (Å²) in [7, 11) is 0. The van der Waals surface area contributed by atoms with Gasteiger partial charge in [0.25, 0.3) is 0 Å². The van der Waals surface area contributed by atoms with Gasteiger partial charge in [0.1, 0.15) is 96.7 Å². The van der Waals surface area contributed by atoms with E-state index in [0.29, 0.717) is 29.3 Å². The number of nitrogens with two attached hydrogens (primary N) is 3. The molecule has 17 unspecified atom stereocenters. The number of nitrogens with zero attached hydrogens (tertiary/aromatic N) is 2. The molecule has 0 spiro atoms. The average molecular weight is 1970 g/mol. The first-order valence-electron chi connectivity index (χ1n) is 45.4. The van der Waals surface area contributed by atoms with Crippen molar-refractivity contribution in [1.29, 1.82) is 5.41 Å². The number of aromatic amines is 1. The van der Waals surface area contributed by atoms with Gasteiger partial charge in [-0.1, -0.05) is 87.4 Å². The van der Waals surface area contributed by atoms with E-state index in [-0.39, 0.29) is 101 Å². The van der Waals surface area contributed by atoms with Gasteiger partial charge >= 0.3 is 23.9 Å². The topological polar surface area (TPSA) is 764 Å². The predicted octanol–water partition coefficient (Wildman–Crippen LogP) is -4.62. The minimum Gasteiger partial charge on any atom is -0.481 e. The lowest BCUT2D eigenvalue weighted by Gasteiger charge is -2.30. The van der Waals surface area contributed by atoms with Crippen LogP contribution in [0, 0.1) is 35.0 Å². The SMILES string of the molecule is CSCCC(NC(=O)C(CC(N)=O)NC(=O)C(C)NC(=O)C(CCC(=O)O)NC(=O)C(CC(C)C)NC(=O)C(CC(=O)O)NC(=O)C(CC(C)C)NC(=O)C(Cc1c[nH]c2ccccc12)NC(=O)C(CO)NC(=O)C(CC(C)C)NC(=O)C(CC(=O)O)NC(=O)C(CCCNC(=N)N)NC(=O)C1CCCN1C(=O)C(N)C(C)C)C(=O)NC(CS)C(=O)NC(CC(C)C)C(=O)N1CCCC1C(=O)O. The Labute approximate surface area is 802 Å². The predicted molar refractivity (Wildman–Crippen MR) is 501 cm³/mol. The van der Waals surface area contributed by atoms with Crippen molar-refractivity contribution in [3.63, 3.8) is 0 Å². The van der Waals surface area contributed by atoms with Crippen LogP contribution in [0.5, 0.6) is 0 Å². The molecule has 764 valence electrons. The number of carboxylic acid groups (broad SMARTS) is 4. The Morgan fingerprint density at radius 1 is 0.460 bits per heavy atom. The Kier molecular flexibility index (Phi) is 49.1. The van der Waals surface area contributed by atoms with Crippen molar-refractivity contribution in [2.24, 2.45) is 46.8 Å². The van der Waals surface area contributed by atoms with E-state index >= 15 is 4.79 Å². The van der Waals surface area contributed by atoms with E-state index < -0.39 is 296 Å². The Bertz CT molecular complexity index is 4590. The third-order valence-electron chi connectivity index (χ3n) is 22.3. The number of nitrogens with one attached hydrogen (secondary N) is 17. The fraction of sp³-hybridized carbons (Fsp3) is 0.655. The maximum Gasteiger partial charge on any atom is 0.326 e. The number of para-hydroxylation sites is 1. The number of aliphatic hydroxyl groups excluding tert-OH is 1. The molecular formula is C87H138N22O26S2. The molecule has 3 heterocycles. The van der Waals surface area contributed by atoms with Gasteiger partial charge < -0.3 is 137 Å². The number of guanidine groups is 1. The normalized spacial score (nSPS) is 16.9. The lowest BCUT2D eigenvalue weighted by atomic mass is 9.99. The van der Waals surface area contributed by atoms with E-state index in [0.717, 1.165) is 6.92 Å². The number of rotatable bonds is 60. The van der Waals surface area contributed by atoms with Gasteiger partial charge in [-0.2, -0.15) is 24.4 Å². The van der Waals surface area contributed by atoms with Crippen LogP contribution in [0.4, 0.5) is 0 Å². The van der Waals surface area contributed by atoms with E-state index in [4.69, 9.17) is 22.6 Å². The zero-order valence-corrected chi connectivity index (χ0v) is 80.9. The van der Waals surface area contributed by atoms with Crippen molar-refractivity contribution >= 4 is 166 Å². The molecule has 1 aromatic carbocycles. The Hall–Kier alpha value is -12.5. The zero-order valence-electron chi connectivity index (χ0n) is 79.1. The molecule has 2 saturated heterocycles. The van der Waals surface area contributed by atoms with Gasteiger partial charge in [0.15, 0.2) is 5.96 Å². The molecule has 0 bridgehead atoms. The second kappa shape index (κ2) is 57.5. The fourth-order valence-electron chi connectivity index (χ4n) is 15.1. The number of aliphatic hydroxyl groups is 1. The summed E-state index contributed by atoms with van der Waals surface area (Å²) in [5.41, 5.74) is 18.1. The number of hydrogen-bond donors (Lipinski definition) is 26. The summed E-state index contributed by atoms with van der Waals surface area (Å²) in [5, 5.41) is 95.4. The molecular weight excluding hydrogens is 1830 g/mol. The molecule has 17 atom stereocenters. The Morgan fingerprint density at radius 3 is 1.31 bits per heavy atom.